The minimum absolute atomic E-state index is 0.114. The molecule has 0 saturated carbocycles. The third-order valence-electron chi connectivity index (χ3n) is 8.45. The van der Waals surface area contributed by atoms with Gasteiger partial charge in [-0.15, -0.1) is 5.10 Å². The quantitative estimate of drug-likeness (QED) is 0.192. The molecule has 3 amide bonds. The Bertz CT molecular complexity index is 2040. The van der Waals surface area contributed by atoms with Gasteiger partial charge in [0, 0.05) is 11.1 Å². The largest absolute Gasteiger partial charge is 0.337 e. The molecule has 0 bridgehead atoms. The van der Waals surface area contributed by atoms with Crippen LogP contribution in [0.1, 0.15) is 49.2 Å². The Hall–Kier alpha value is -6.05. The first-order valence-electron chi connectivity index (χ1n) is 15.2. The number of carbonyl (C=O) groups is 2. The predicted molar refractivity (Wildman–Crippen MR) is 166 cm³/mol. The summed E-state index contributed by atoms with van der Waals surface area (Å²) in [6, 6.07) is 22.2. The second-order valence-corrected chi connectivity index (χ2v) is 11.3. The summed E-state index contributed by atoms with van der Waals surface area (Å²) in [6.07, 6.45) is 3.26. The van der Waals surface area contributed by atoms with E-state index in [0.29, 0.717) is 22.9 Å². The summed E-state index contributed by atoms with van der Waals surface area (Å²) in [5.74, 6) is 0.536. The van der Waals surface area contributed by atoms with Gasteiger partial charge in [0.1, 0.15) is 25.0 Å². The number of benzene rings is 3. The number of hydrogen-bond donors (Lipinski definition) is 0. The normalized spacial score (nSPS) is 16.4. The van der Waals surface area contributed by atoms with Gasteiger partial charge in [-0.2, -0.15) is 9.97 Å². The van der Waals surface area contributed by atoms with Crippen LogP contribution >= 0.6 is 0 Å². The molecule has 3 aromatic carbocycles. The average molecular weight is 631 g/mol. The van der Waals surface area contributed by atoms with Gasteiger partial charge in [-0.05, 0) is 59.0 Å². The number of aryl methyl sites for hydroxylation is 2. The summed E-state index contributed by atoms with van der Waals surface area (Å²) in [5.41, 5.74) is 3.56. The molecular formula is C33H30N10O4. The van der Waals surface area contributed by atoms with Crippen LogP contribution < -0.4 is 0 Å². The van der Waals surface area contributed by atoms with Gasteiger partial charge in [0.2, 0.25) is 23.4 Å². The van der Waals surface area contributed by atoms with Crippen LogP contribution in [0, 0.1) is 0 Å². The number of amides is 3. The zero-order valence-corrected chi connectivity index (χ0v) is 25.9. The molecule has 1 unspecified atom stereocenters. The van der Waals surface area contributed by atoms with E-state index in [2.05, 4.69) is 49.7 Å². The van der Waals surface area contributed by atoms with E-state index < -0.39 is 17.5 Å². The number of aromatic nitrogens is 8. The monoisotopic (exact) mass is 630 g/mol. The zero-order chi connectivity index (χ0) is 32.5. The SMILES string of the molecule is CCc1ccc(-c2noc(CN3C(=O)N(Cc4nc(-c5ccc(CC)cc5)no4)C(C)(c4cccc(-n5cnnn5)c4)C3=O)n2)cc1. The van der Waals surface area contributed by atoms with Crippen molar-refractivity contribution in [1.29, 1.82) is 0 Å². The first-order chi connectivity index (χ1) is 22.9. The second-order valence-electron chi connectivity index (χ2n) is 11.3. The van der Waals surface area contributed by atoms with E-state index in [1.807, 2.05) is 48.5 Å². The van der Waals surface area contributed by atoms with Crippen LogP contribution in [0.5, 0.6) is 0 Å². The molecule has 0 spiro atoms. The summed E-state index contributed by atoms with van der Waals surface area (Å²) < 4.78 is 12.6. The van der Waals surface area contributed by atoms with Crippen LogP contribution in [-0.2, 0) is 36.3 Å². The van der Waals surface area contributed by atoms with E-state index >= 15 is 0 Å². The van der Waals surface area contributed by atoms with Crippen LogP contribution in [0.25, 0.3) is 28.5 Å². The summed E-state index contributed by atoms with van der Waals surface area (Å²) in [6.45, 7) is 5.48. The number of nitrogens with zero attached hydrogens (tertiary/aromatic N) is 10. The molecule has 1 fully saturated rings. The molecule has 14 heteroatoms. The van der Waals surface area contributed by atoms with Crippen LogP contribution in [0.15, 0.2) is 88.2 Å². The first-order valence-corrected chi connectivity index (χ1v) is 15.2. The van der Waals surface area contributed by atoms with Crippen LogP contribution in [-0.4, -0.2) is 62.2 Å². The van der Waals surface area contributed by atoms with Crippen LogP contribution in [0.3, 0.4) is 0 Å². The minimum Gasteiger partial charge on any atom is -0.337 e. The van der Waals surface area contributed by atoms with Crippen molar-refractivity contribution in [3.8, 4) is 28.5 Å². The van der Waals surface area contributed by atoms with Crippen LogP contribution in [0.2, 0.25) is 0 Å². The van der Waals surface area contributed by atoms with E-state index in [-0.39, 0.29) is 24.9 Å². The van der Waals surface area contributed by atoms with Crippen molar-refractivity contribution in [3.63, 3.8) is 0 Å². The van der Waals surface area contributed by atoms with Gasteiger partial charge in [0.05, 0.1) is 5.69 Å². The summed E-state index contributed by atoms with van der Waals surface area (Å²) in [7, 11) is 0. The highest BCUT2D eigenvalue weighted by molar-refractivity contribution is 6.07. The minimum atomic E-state index is -1.47. The van der Waals surface area contributed by atoms with Crippen molar-refractivity contribution >= 4 is 11.9 Å². The molecule has 0 radical (unpaired) electrons. The Morgan fingerprint density at radius 3 is 1.91 bits per heavy atom. The molecule has 47 heavy (non-hydrogen) atoms. The van der Waals surface area contributed by atoms with Gasteiger partial charge in [-0.25, -0.2) is 9.48 Å². The standard InChI is InChI=1S/C33H30N10O4/c1-4-21-9-13-23(14-10-21)29-35-27(46-37-29)18-41-31(44)33(3,25-7-6-8-26(17-25)43-20-34-39-40-43)42(32(41)45)19-28-36-30(38-47-28)24-15-11-22(5-2)12-16-24/h6-17,20H,4-5,18-19H2,1-3H3. The number of imide groups is 1. The second kappa shape index (κ2) is 12.0. The maximum absolute atomic E-state index is 14.3. The maximum Gasteiger partial charge on any atom is 0.328 e. The van der Waals surface area contributed by atoms with E-state index in [4.69, 9.17) is 9.05 Å². The van der Waals surface area contributed by atoms with Gasteiger partial charge in [-0.3, -0.25) is 14.6 Å². The number of rotatable bonds is 10. The van der Waals surface area contributed by atoms with Gasteiger partial charge in [0.15, 0.2) is 0 Å². The number of urea groups is 1. The molecule has 3 aromatic heterocycles. The Morgan fingerprint density at radius 2 is 1.36 bits per heavy atom. The van der Waals surface area contributed by atoms with Crippen molar-refractivity contribution in [2.24, 2.45) is 0 Å². The molecule has 0 N–H and O–H groups in total. The van der Waals surface area contributed by atoms with E-state index in [0.717, 1.165) is 28.9 Å². The molecule has 236 valence electrons. The molecule has 1 aliphatic heterocycles. The molecule has 6 aromatic rings. The fourth-order valence-corrected chi connectivity index (χ4v) is 5.60. The molecule has 1 saturated heterocycles. The van der Waals surface area contributed by atoms with Gasteiger partial charge in [-0.1, -0.05) is 84.8 Å². The lowest BCUT2D eigenvalue weighted by atomic mass is 9.90. The maximum atomic E-state index is 14.3. The fraction of sp³-hybridized carbons (Fsp3) is 0.242. The predicted octanol–water partition coefficient (Wildman–Crippen LogP) is 4.77. The lowest BCUT2D eigenvalue weighted by molar-refractivity contribution is -0.133. The number of hydrogen-bond acceptors (Lipinski definition) is 11. The highest BCUT2D eigenvalue weighted by atomic mass is 16.5. The van der Waals surface area contributed by atoms with Crippen molar-refractivity contribution in [3.05, 3.63) is 108 Å². The molecule has 0 aliphatic carbocycles. The van der Waals surface area contributed by atoms with E-state index in [1.165, 1.54) is 27.0 Å². The summed E-state index contributed by atoms with van der Waals surface area (Å²) >= 11 is 0. The number of tetrazole rings is 1. The molecule has 1 aliphatic rings. The molecule has 7 rings (SSSR count). The Kier molecular flexibility index (Phi) is 7.60. The summed E-state index contributed by atoms with van der Waals surface area (Å²) in [5, 5.41) is 19.6. The number of carbonyl (C=O) groups excluding carboxylic acids is 2. The fourth-order valence-electron chi connectivity index (χ4n) is 5.60. The van der Waals surface area contributed by atoms with E-state index in [1.54, 1.807) is 31.2 Å². The first kappa shape index (κ1) is 29.6. The van der Waals surface area contributed by atoms with Crippen molar-refractivity contribution in [1.82, 2.24) is 50.3 Å². The highest BCUT2D eigenvalue weighted by Gasteiger charge is 2.56. The lowest BCUT2D eigenvalue weighted by Crippen LogP contribution is -2.44. The molecule has 4 heterocycles. The Morgan fingerprint density at radius 1 is 0.766 bits per heavy atom. The average Bonchev–Trinajstić information content (AvgIpc) is 3.94. The van der Waals surface area contributed by atoms with E-state index in [9.17, 15) is 9.59 Å². The zero-order valence-electron chi connectivity index (χ0n) is 25.9. The third kappa shape index (κ3) is 5.43. The summed E-state index contributed by atoms with van der Waals surface area (Å²) in [4.78, 5) is 40.0. The highest BCUT2D eigenvalue weighted by Crippen LogP contribution is 2.40. The molecular weight excluding hydrogens is 600 g/mol. The van der Waals surface area contributed by atoms with Crippen molar-refractivity contribution < 1.29 is 18.6 Å². The lowest BCUT2D eigenvalue weighted by Gasteiger charge is -2.31. The Labute approximate surface area is 269 Å². The van der Waals surface area contributed by atoms with Gasteiger partial charge < -0.3 is 9.05 Å². The smallest absolute Gasteiger partial charge is 0.328 e. The molecule has 1 atom stereocenters. The third-order valence-corrected chi connectivity index (χ3v) is 8.45. The van der Waals surface area contributed by atoms with Gasteiger partial charge in [0.25, 0.3) is 5.91 Å². The Balaban J connectivity index is 1.22. The van der Waals surface area contributed by atoms with Crippen molar-refractivity contribution in [2.45, 2.75) is 52.2 Å². The van der Waals surface area contributed by atoms with Crippen molar-refractivity contribution in [2.75, 3.05) is 0 Å². The van der Waals surface area contributed by atoms with Crippen LogP contribution in [0.4, 0.5) is 4.79 Å². The topological polar surface area (TPSA) is 162 Å². The van der Waals surface area contributed by atoms with Gasteiger partial charge >= 0.3 is 6.03 Å². The molecule has 14 nitrogen and oxygen atoms in total.